The first kappa shape index (κ1) is 24.9. The summed E-state index contributed by atoms with van der Waals surface area (Å²) in [7, 11) is 0. The van der Waals surface area contributed by atoms with Crippen molar-refractivity contribution in [1.29, 1.82) is 0 Å². The van der Waals surface area contributed by atoms with Gasteiger partial charge in [-0.1, -0.05) is 43.2 Å². The highest BCUT2D eigenvalue weighted by molar-refractivity contribution is 5.92. The lowest BCUT2D eigenvalue weighted by molar-refractivity contribution is -0.677. The van der Waals surface area contributed by atoms with Crippen LogP contribution in [0.3, 0.4) is 0 Å². The molecule has 3 heterocycles. The zero-order valence-corrected chi connectivity index (χ0v) is 21.0. The van der Waals surface area contributed by atoms with E-state index in [1.165, 1.54) is 12.1 Å². The highest BCUT2D eigenvalue weighted by Crippen LogP contribution is 2.47. The summed E-state index contributed by atoms with van der Waals surface area (Å²) in [5.41, 5.74) is 2.66. The van der Waals surface area contributed by atoms with Gasteiger partial charge in [0.15, 0.2) is 5.82 Å². The Hall–Kier alpha value is -2.74. The fraction of sp³-hybridized carbons (Fsp3) is 0.429. The van der Waals surface area contributed by atoms with Crippen LogP contribution < -0.4 is 17.7 Å². The molecule has 3 N–H and O–H groups in total. The molecular weight excluding hydrogens is 479 g/mol. The van der Waals surface area contributed by atoms with Crippen LogP contribution in [0.15, 0.2) is 54.6 Å². The molecule has 1 aliphatic carbocycles. The number of nitrogens with two attached hydrogens (primary N) is 1. The number of carbonyl (C=O) groups excluding carboxylic acids is 1. The van der Waals surface area contributed by atoms with Crippen LogP contribution in [0.25, 0.3) is 11.3 Å². The molecule has 6 rings (SSSR count). The summed E-state index contributed by atoms with van der Waals surface area (Å²) in [6, 6.07) is 16.3. The molecule has 0 unspecified atom stereocenters. The quantitative estimate of drug-likeness (QED) is 0.523. The second-order valence-corrected chi connectivity index (χ2v) is 10.2. The highest BCUT2D eigenvalue weighted by atomic mass is 35.5. The predicted octanol–water partition coefficient (Wildman–Crippen LogP) is 0.0627. The zero-order chi connectivity index (χ0) is 24.0. The van der Waals surface area contributed by atoms with E-state index < -0.39 is 5.60 Å². The van der Waals surface area contributed by atoms with Gasteiger partial charge in [-0.15, -0.1) is 0 Å². The van der Waals surface area contributed by atoms with Gasteiger partial charge in [-0.25, -0.2) is 9.37 Å². The van der Waals surface area contributed by atoms with Crippen molar-refractivity contribution < 1.29 is 32.0 Å². The molecule has 3 atom stereocenters. The SMILES string of the molecule is O=C(c1nc(-c2ccc(F)cc2)c2n1CC[NH2+]C2)N1CC[C@](O)(c2ccccc2)[C@H]2CCCC[C@H]21.[Cl-]. The van der Waals surface area contributed by atoms with E-state index in [4.69, 9.17) is 4.98 Å². The predicted molar refractivity (Wildman–Crippen MR) is 130 cm³/mol. The summed E-state index contributed by atoms with van der Waals surface area (Å²) in [6.07, 6.45) is 4.47. The van der Waals surface area contributed by atoms with Crippen molar-refractivity contribution >= 4 is 5.91 Å². The van der Waals surface area contributed by atoms with Gasteiger partial charge >= 0.3 is 0 Å². The molecule has 8 heteroatoms. The number of rotatable bonds is 3. The second-order valence-electron chi connectivity index (χ2n) is 10.2. The number of benzene rings is 2. The number of amides is 1. The molecule has 0 bridgehead atoms. The Kier molecular flexibility index (Phi) is 6.90. The molecule has 190 valence electrons. The van der Waals surface area contributed by atoms with Crippen molar-refractivity contribution in [3.05, 3.63) is 77.5 Å². The number of nitrogens with zero attached hydrogens (tertiary/aromatic N) is 3. The Balaban J connectivity index is 0.00000267. The van der Waals surface area contributed by atoms with E-state index in [2.05, 4.69) is 9.88 Å². The lowest BCUT2D eigenvalue weighted by Crippen LogP contribution is -3.00. The summed E-state index contributed by atoms with van der Waals surface area (Å²) in [6.45, 7) is 2.87. The molecule has 2 aliphatic heterocycles. The first-order chi connectivity index (χ1) is 17.1. The number of hydrogen-bond donors (Lipinski definition) is 2. The zero-order valence-electron chi connectivity index (χ0n) is 20.2. The molecule has 3 aliphatic rings. The van der Waals surface area contributed by atoms with Crippen LogP contribution in [0.2, 0.25) is 0 Å². The molecule has 0 radical (unpaired) electrons. The largest absolute Gasteiger partial charge is 1.00 e. The minimum absolute atomic E-state index is 0. The molecule has 6 nitrogen and oxygen atoms in total. The number of hydrogen-bond acceptors (Lipinski definition) is 3. The maximum Gasteiger partial charge on any atom is 0.290 e. The Morgan fingerprint density at radius 3 is 2.58 bits per heavy atom. The molecule has 1 saturated heterocycles. The topological polar surface area (TPSA) is 75.0 Å². The van der Waals surface area contributed by atoms with Gasteiger partial charge in [0.25, 0.3) is 5.91 Å². The monoisotopic (exact) mass is 510 g/mol. The van der Waals surface area contributed by atoms with E-state index in [-0.39, 0.29) is 36.1 Å². The standard InChI is InChI=1S/C28H31FN4O2.ClH/c29-21-12-10-19(11-13-21)25-24-18-30-15-17-32(24)26(31-25)27(34)33-16-14-28(35,20-6-2-1-3-7-20)22-8-4-5-9-23(22)33;/h1-3,6-7,10-13,22-23,30,35H,4-5,8-9,14-18H2;1H/t22-,23+,28-;/m0./s1. The number of aliphatic hydroxyl groups is 1. The Labute approximate surface area is 216 Å². The third-order valence-corrected chi connectivity index (χ3v) is 8.29. The van der Waals surface area contributed by atoms with Crippen LogP contribution in [0, 0.1) is 11.7 Å². The lowest BCUT2D eigenvalue weighted by Gasteiger charge is -2.52. The van der Waals surface area contributed by atoms with Crippen molar-refractivity contribution in [2.24, 2.45) is 5.92 Å². The number of halogens is 2. The van der Waals surface area contributed by atoms with Crippen LogP contribution in [0.1, 0.15) is 54.0 Å². The Morgan fingerprint density at radius 1 is 1.06 bits per heavy atom. The van der Waals surface area contributed by atoms with Gasteiger partial charge in [0, 0.05) is 24.1 Å². The molecule has 1 amide bonds. The molecular formula is C28H32ClFN4O2. The van der Waals surface area contributed by atoms with E-state index >= 15 is 0 Å². The van der Waals surface area contributed by atoms with E-state index in [1.54, 1.807) is 12.1 Å². The second kappa shape index (κ2) is 9.96. The van der Waals surface area contributed by atoms with E-state index in [1.807, 2.05) is 35.2 Å². The van der Waals surface area contributed by atoms with E-state index in [9.17, 15) is 14.3 Å². The van der Waals surface area contributed by atoms with E-state index in [0.717, 1.165) is 67.8 Å². The van der Waals surface area contributed by atoms with Gasteiger partial charge in [-0.2, -0.15) is 0 Å². The fourth-order valence-electron chi connectivity index (χ4n) is 6.54. The maximum absolute atomic E-state index is 14.1. The van der Waals surface area contributed by atoms with Crippen LogP contribution in [-0.4, -0.2) is 44.6 Å². The van der Waals surface area contributed by atoms with Gasteiger partial charge in [0.05, 0.1) is 24.4 Å². The third-order valence-electron chi connectivity index (χ3n) is 8.29. The van der Waals surface area contributed by atoms with Gasteiger partial charge in [-0.3, -0.25) is 4.79 Å². The Bertz CT molecular complexity index is 1230. The number of carbonyl (C=O) groups is 1. The maximum atomic E-state index is 14.1. The molecule has 36 heavy (non-hydrogen) atoms. The summed E-state index contributed by atoms with van der Waals surface area (Å²) in [5.74, 6) is 0.153. The van der Waals surface area contributed by atoms with Crippen molar-refractivity contribution in [2.45, 2.75) is 56.8 Å². The summed E-state index contributed by atoms with van der Waals surface area (Å²) in [4.78, 5) is 20.9. The molecule has 3 aromatic rings. The van der Waals surface area contributed by atoms with Gasteiger partial charge < -0.3 is 32.3 Å². The van der Waals surface area contributed by atoms with Gasteiger partial charge in [0.2, 0.25) is 0 Å². The number of imidazole rings is 1. The third kappa shape index (κ3) is 4.13. The number of fused-ring (bicyclic) bond motifs is 2. The van der Waals surface area contributed by atoms with Crippen molar-refractivity contribution in [2.75, 3.05) is 13.1 Å². The average molecular weight is 511 g/mol. The van der Waals surface area contributed by atoms with Gasteiger partial charge in [0.1, 0.15) is 18.1 Å². The molecule has 1 saturated carbocycles. The Morgan fingerprint density at radius 2 is 1.81 bits per heavy atom. The first-order valence-electron chi connectivity index (χ1n) is 12.8. The first-order valence-corrected chi connectivity index (χ1v) is 12.8. The minimum atomic E-state index is -0.913. The van der Waals surface area contributed by atoms with Crippen molar-refractivity contribution in [3.8, 4) is 11.3 Å². The average Bonchev–Trinajstić information content (AvgIpc) is 3.29. The normalized spacial score (nSPS) is 25.4. The van der Waals surface area contributed by atoms with Crippen molar-refractivity contribution in [1.82, 2.24) is 14.5 Å². The molecule has 2 fully saturated rings. The smallest absolute Gasteiger partial charge is 0.290 e. The van der Waals surface area contributed by atoms with Crippen LogP contribution in [0.4, 0.5) is 4.39 Å². The summed E-state index contributed by atoms with van der Waals surface area (Å²) >= 11 is 0. The number of aromatic nitrogens is 2. The van der Waals surface area contributed by atoms with Crippen LogP contribution >= 0.6 is 0 Å². The van der Waals surface area contributed by atoms with Crippen LogP contribution in [-0.2, 0) is 18.7 Å². The lowest BCUT2D eigenvalue weighted by atomic mass is 9.66. The molecule has 2 aromatic carbocycles. The molecule has 1 aromatic heterocycles. The number of quaternary nitrogens is 1. The highest BCUT2D eigenvalue weighted by Gasteiger charge is 2.51. The van der Waals surface area contributed by atoms with Gasteiger partial charge in [-0.05, 0) is 49.1 Å². The van der Waals surface area contributed by atoms with Crippen LogP contribution in [0.5, 0.6) is 0 Å². The minimum Gasteiger partial charge on any atom is -1.00 e. The van der Waals surface area contributed by atoms with Crippen molar-refractivity contribution in [3.63, 3.8) is 0 Å². The fourth-order valence-corrected chi connectivity index (χ4v) is 6.54. The summed E-state index contributed by atoms with van der Waals surface area (Å²) in [5, 5.41) is 14.1. The number of likely N-dealkylation sites (tertiary alicyclic amines) is 1. The van der Waals surface area contributed by atoms with E-state index in [0.29, 0.717) is 18.8 Å². The number of piperidine rings is 1. The molecule has 0 spiro atoms. The summed E-state index contributed by atoms with van der Waals surface area (Å²) < 4.78 is 15.6.